The first-order valence-electron chi connectivity index (χ1n) is 20.4. The monoisotopic (exact) mass is 838 g/mol. The minimum atomic E-state index is -0.991. The fourth-order valence-electron chi connectivity index (χ4n) is 9.35. The lowest BCUT2D eigenvalue weighted by atomic mass is 9.95. The Labute approximate surface area is 343 Å². The van der Waals surface area contributed by atoms with Gasteiger partial charge in [0.25, 0.3) is 5.56 Å². The van der Waals surface area contributed by atoms with Crippen LogP contribution in [0.1, 0.15) is 79.7 Å². The number of anilines is 2. The van der Waals surface area contributed by atoms with Crippen molar-refractivity contribution in [2.24, 2.45) is 11.8 Å². The highest BCUT2D eigenvalue weighted by Gasteiger charge is 2.50. The molecular weight excluding hydrogens is 790 g/mol. The van der Waals surface area contributed by atoms with E-state index in [2.05, 4.69) is 20.2 Å². The molecule has 18 heteroatoms. The van der Waals surface area contributed by atoms with Gasteiger partial charge in [-0.25, -0.2) is 27.7 Å². The number of nitrogens with zero attached hydrogens (tertiary/aromatic N) is 7. The molecule has 5 aliphatic rings. The molecule has 1 N–H and O–H groups in total. The number of carbonyl (C=O) groups excluding carboxylic acids is 2. The van der Waals surface area contributed by atoms with Gasteiger partial charge in [0.05, 0.1) is 21.4 Å². The Hall–Kier alpha value is -4.71. The molecule has 1 saturated carbocycles. The maximum atomic E-state index is 17.7. The van der Waals surface area contributed by atoms with Crippen LogP contribution in [0, 0.1) is 23.5 Å². The third-order valence-electron chi connectivity index (χ3n) is 11.9. The standard InChI is InChI=1S/C41H49F3N8O6S/c1-39(2,3)57-37(54)48-36-46-29-25(10-11-26(43)32(29)59-36)31-28(44)30-27(34(53)52(31)24-8-9-24)33(47-35(45-30)56-20-41-12-7-13-51(41)19-23(42)14-41)49-15-21-17-50(18-22(21)16-49)38(55)58-40(4,5)6/h10-11,21-24H,7-9,12-20H2,1-6H3,(H,46,48,54)/t21?,22?,23-,41+/m1/s1. The summed E-state index contributed by atoms with van der Waals surface area (Å²) in [6.45, 7) is 13.5. The van der Waals surface area contributed by atoms with Crippen molar-refractivity contribution in [1.82, 2.24) is 29.3 Å². The van der Waals surface area contributed by atoms with Crippen molar-refractivity contribution in [3.8, 4) is 17.3 Å². The molecule has 0 spiro atoms. The molecule has 14 nitrogen and oxygen atoms in total. The van der Waals surface area contributed by atoms with Gasteiger partial charge in [0, 0.05) is 62.6 Å². The van der Waals surface area contributed by atoms with E-state index in [9.17, 15) is 18.8 Å². The van der Waals surface area contributed by atoms with E-state index < -0.39 is 46.2 Å². The van der Waals surface area contributed by atoms with Crippen molar-refractivity contribution < 1.29 is 37.0 Å². The summed E-state index contributed by atoms with van der Waals surface area (Å²) in [4.78, 5) is 60.3. The number of alkyl halides is 1. The summed E-state index contributed by atoms with van der Waals surface area (Å²) in [6.07, 6.45) is 1.01. The van der Waals surface area contributed by atoms with Gasteiger partial charge in [0.15, 0.2) is 10.9 Å². The Kier molecular flexibility index (Phi) is 9.56. The van der Waals surface area contributed by atoms with Crippen LogP contribution in [0.2, 0.25) is 0 Å². The average Bonchev–Trinajstić information content (AvgIpc) is 3.43. The van der Waals surface area contributed by atoms with Crippen LogP contribution in [0.3, 0.4) is 0 Å². The second-order valence-electron chi connectivity index (χ2n) is 18.7. The minimum Gasteiger partial charge on any atom is -0.461 e. The highest BCUT2D eigenvalue weighted by Crippen LogP contribution is 2.45. The van der Waals surface area contributed by atoms with Gasteiger partial charge in [-0.05, 0) is 85.9 Å². The SMILES string of the molecule is CC(C)(C)OC(=O)Nc1nc2c(-c3c(F)c4nc(OC[C@@]56CCCN5C[C@H](F)C6)nc(N5CC6CN(C(=O)OC(C)(C)C)CC6C5)c4c(=O)n3C3CC3)ccc(F)c2s1. The quantitative estimate of drug-likeness (QED) is 0.201. The maximum Gasteiger partial charge on any atom is 0.413 e. The van der Waals surface area contributed by atoms with Crippen LogP contribution in [0.5, 0.6) is 6.01 Å². The summed E-state index contributed by atoms with van der Waals surface area (Å²) in [5.41, 5.74) is -2.65. The number of ether oxygens (including phenoxy) is 3. The smallest absolute Gasteiger partial charge is 0.413 e. The van der Waals surface area contributed by atoms with Crippen LogP contribution in [0.25, 0.3) is 32.4 Å². The number of amides is 2. The number of nitrogens with one attached hydrogen (secondary N) is 1. The second-order valence-corrected chi connectivity index (χ2v) is 19.7. The third kappa shape index (κ3) is 7.44. The van der Waals surface area contributed by atoms with E-state index in [4.69, 9.17) is 19.2 Å². The van der Waals surface area contributed by atoms with Crippen LogP contribution < -0.4 is 20.5 Å². The number of benzene rings is 1. The van der Waals surface area contributed by atoms with Gasteiger partial charge in [0.1, 0.15) is 46.5 Å². The zero-order valence-electron chi connectivity index (χ0n) is 34.1. The number of carbonyl (C=O) groups is 2. The highest BCUT2D eigenvalue weighted by atomic mass is 32.1. The molecule has 9 rings (SSSR count). The minimum absolute atomic E-state index is 0.0104. The molecule has 2 amide bonds. The summed E-state index contributed by atoms with van der Waals surface area (Å²) >= 11 is 0.867. The van der Waals surface area contributed by atoms with E-state index in [0.717, 1.165) is 30.7 Å². The second kappa shape index (κ2) is 14.2. The Bertz CT molecular complexity index is 2410. The number of rotatable bonds is 7. The van der Waals surface area contributed by atoms with Gasteiger partial charge in [-0.2, -0.15) is 9.97 Å². The topological polar surface area (TPSA) is 144 Å². The molecular formula is C41H49F3N8O6S. The summed E-state index contributed by atoms with van der Waals surface area (Å²) < 4.78 is 66.7. The predicted molar refractivity (Wildman–Crippen MR) is 216 cm³/mol. The molecule has 4 aromatic rings. The molecule has 1 aliphatic carbocycles. The van der Waals surface area contributed by atoms with E-state index >= 15 is 8.78 Å². The zero-order valence-corrected chi connectivity index (χ0v) is 34.9. The molecule has 4 atom stereocenters. The first-order chi connectivity index (χ1) is 27.9. The lowest BCUT2D eigenvalue weighted by Gasteiger charge is -2.31. The first-order valence-corrected chi connectivity index (χ1v) is 21.2. The molecule has 3 aromatic heterocycles. The van der Waals surface area contributed by atoms with Gasteiger partial charge >= 0.3 is 18.2 Å². The fraction of sp³-hybridized carbons (Fsp3) is 0.610. The molecule has 1 aromatic carbocycles. The normalized spacial score (nSPS) is 24.6. The van der Waals surface area contributed by atoms with Crippen molar-refractivity contribution in [1.29, 1.82) is 0 Å². The van der Waals surface area contributed by atoms with Gasteiger partial charge in [-0.15, -0.1) is 0 Å². The number of hydrogen-bond donors (Lipinski definition) is 1. The molecule has 4 aliphatic heterocycles. The van der Waals surface area contributed by atoms with Crippen molar-refractivity contribution in [3.63, 3.8) is 0 Å². The summed E-state index contributed by atoms with van der Waals surface area (Å²) in [7, 11) is 0. The Balaban J connectivity index is 1.14. The summed E-state index contributed by atoms with van der Waals surface area (Å²) in [6, 6.07) is 2.09. The van der Waals surface area contributed by atoms with E-state index in [1.165, 1.54) is 16.7 Å². The summed E-state index contributed by atoms with van der Waals surface area (Å²) in [5, 5.41) is 2.58. The first kappa shape index (κ1) is 39.7. The molecule has 2 unspecified atom stereocenters. The number of fused-ring (bicyclic) bond motifs is 4. The lowest BCUT2D eigenvalue weighted by molar-refractivity contribution is 0.0282. The number of halogens is 3. The fourth-order valence-corrected chi connectivity index (χ4v) is 10.2. The molecule has 0 bridgehead atoms. The predicted octanol–water partition coefficient (Wildman–Crippen LogP) is 7.29. The largest absolute Gasteiger partial charge is 0.461 e. The molecule has 5 fully saturated rings. The van der Waals surface area contributed by atoms with Crippen molar-refractivity contribution in [2.45, 2.75) is 103 Å². The molecule has 59 heavy (non-hydrogen) atoms. The van der Waals surface area contributed by atoms with Crippen LogP contribution >= 0.6 is 11.3 Å². The number of aromatic nitrogens is 4. The molecule has 7 heterocycles. The van der Waals surface area contributed by atoms with Gasteiger partial charge in [0.2, 0.25) is 0 Å². The van der Waals surface area contributed by atoms with E-state index in [0.29, 0.717) is 52.0 Å². The van der Waals surface area contributed by atoms with Gasteiger partial charge in [-0.1, -0.05) is 11.3 Å². The third-order valence-corrected chi connectivity index (χ3v) is 12.9. The van der Waals surface area contributed by atoms with Gasteiger partial charge < -0.3 is 28.6 Å². The zero-order chi connectivity index (χ0) is 41.8. The Morgan fingerprint density at radius 1 is 0.949 bits per heavy atom. The van der Waals surface area contributed by atoms with E-state index in [-0.39, 0.29) is 79.9 Å². The lowest BCUT2D eigenvalue weighted by Crippen LogP contribution is -2.43. The highest BCUT2D eigenvalue weighted by molar-refractivity contribution is 7.22. The van der Waals surface area contributed by atoms with Crippen LogP contribution in [-0.2, 0) is 9.47 Å². The number of pyridine rings is 1. The summed E-state index contributed by atoms with van der Waals surface area (Å²) in [5.74, 6) is -1.15. The maximum absolute atomic E-state index is 17.7. The molecule has 316 valence electrons. The van der Waals surface area contributed by atoms with Crippen LogP contribution in [0.15, 0.2) is 16.9 Å². The number of thiazole rings is 1. The molecule has 0 radical (unpaired) electrons. The Morgan fingerprint density at radius 2 is 1.66 bits per heavy atom. The van der Waals surface area contributed by atoms with Gasteiger partial charge in [-0.3, -0.25) is 15.0 Å². The van der Waals surface area contributed by atoms with Crippen molar-refractivity contribution in [3.05, 3.63) is 34.1 Å². The van der Waals surface area contributed by atoms with E-state index in [1.807, 2.05) is 25.7 Å². The van der Waals surface area contributed by atoms with E-state index in [1.54, 1.807) is 25.7 Å². The van der Waals surface area contributed by atoms with Crippen molar-refractivity contribution in [2.75, 3.05) is 56.1 Å². The number of hydrogen-bond acceptors (Lipinski definition) is 12. The Morgan fingerprint density at radius 3 is 2.34 bits per heavy atom. The molecule has 4 saturated heterocycles. The van der Waals surface area contributed by atoms with Crippen molar-refractivity contribution >= 4 is 55.6 Å². The number of likely N-dealkylation sites (tertiary alicyclic amines) is 1. The average molecular weight is 839 g/mol. The van der Waals surface area contributed by atoms with Crippen LogP contribution in [-0.4, -0.2) is 110 Å². The van der Waals surface area contributed by atoms with Crippen LogP contribution in [0.4, 0.5) is 33.7 Å².